The van der Waals surface area contributed by atoms with Crippen molar-refractivity contribution in [3.63, 3.8) is 0 Å². The Kier molecular flexibility index (Phi) is 5.66. The highest BCUT2D eigenvalue weighted by molar-refractivity contribution is 5.91. The van der Waals surface area contributed by atoms with E-state index in [2.05, 4.69) is 11.3 Å². The average molecular weight is 169 g/mol. The molecule has 0 bridgehead atoms. The molecule has 0 N–H and O–H groups in total. The molecule has 0 atom stereocenters. The Balaban J connectivity index is 3.46. The number of carbonyl (C=O) groups excluding carboxylic acids is 1. The van der Waals surface area contributed by atoms with Crippen LogP contribution in [-0.2, 0) is 14.3 Å². The predicted molar refractivity (Wildman–Crippen MR) is 42.2 cm³/mol. The summed E-state index contributed by atoms with van der Waals surface area (Å²) in [7, 11) is 0. The van der Waals surface area contributed by atoms with Crippen LogP contribution >= 0.6 is 0 Å². The summed E-state index contributed by atoms with van der Waals surface area (Å²) >= 11 is 0. The maximum absolute atomic E-state index is 10.7. The summed E-state index contributed by atoms with van der Waals surface area (Å²) < 4.78 is 9.52. The molecule has 0 radical (unpaired) electrons. The van der Waals surface area contributed by atoms with Gasteiger partial charge in [0.15, 0.2) is 0 Å². The van der Waals surface area contributed by atoms with Crippen LogP contribution in [0, 0.1) is 11.3 Å². The van der Waals surface area contributed by atoms with Crippen molar-refractivity contribution in [2.75, 3.05) is 19.8 Å². The SMILES string of the molecule is C=C(C#N)C(=O)OCCOCC. The third-order valence-electron chi connectivity index (χ3n) is 1.05. The largest absolute Gasteiger partial charge is 0.459 e. The Morgan fingerprint density at radius 3 is 2.75 bits per heavy atom. The molecule has 0 fully saturated rings. The van der Waals surface area contributed by atoms with Crippen LogP contribution in [0.5, 0.6) is 0 Å². The van der Waals surface area contributed by atoms with E-state index < -0.39 is 5.97 Å². The van der Waals surface area contributed by atoms with Gasteiger partial charge in [-0.15, -0.1) is 0 Å². The third-order valence-corrected chi connectivity index (χ3v) is 1.05. The van der Waals surface area contributed by atoms with Crippen molar-refractivity contribution in [2.24, 2.45) is 0 Å². The zero-order chi connectivity index (χ0) is 9.40. The minimum absolute atomic E-state index is 0.160. The average Bonchev–Trinajstić information content (AvgIpc) is 2.10. The van der Waals surface area contributed by atoms with E-state index in [4.69, 9.17) is 10.00 Å². The van der Waals surface area contributed by atoms with E-state index in [1.807, 2.05) is 6.92 Å². The van der Waals surface area contributed by atoms with Gasteiger partial charge in [0.2, 0.25) is 0 Å². The lowest BCUT2D eigenvalue weighted by Crippen LogP contribution is -2.11. The Labute approximate surface area is 71.4 Å². The second kappa shape index (κ2) is 6.38. The van der Waals surface area contributed by atoms with Crippen molar-refractivity contribution in [1.82, 2.24) is 0 Å². The van der Waals surface area contributed by atoms with Gasteiger partial charge >= 0.3 is 5.97 Å². The van der Waals surface area contributed by atoms with Gasteiger partial charge in [-0.05, 0) is 6.92 Å². The lowest BCUT2D eigenvalue weighted by atomic mass is 10.3. The highest BCUT2D eigenvalue weighted by Gasteiger charge is 2.05. The second-order valence-corrected chi connectivity index (χ2v) is 1.92. The fraction of sp³-hybridized carbons (Fsp3) is 0.500. The minimum Gasteiger partial charge on any atom is -0.459 e. The molecule has 0 aromatic rings. The lowest BCUT2D eigenvalue weighted by Gasteiger charge is -2.02. The van der Waals surface area contributed by atoms with Crippen LogP contribution in [0.2, 0.25) is 0 Å². The molecule has 0 unspecified atom stereocenters. The number of esters is 1. The van der Waals surface area contributed by atoms with Crippen LogP contribution in [0.25, 0.3) is 0 Å². The molecule has 12 heavy (non-hydrogen) atoms. The minimum atomic E-state index is -0.683. The molecule has 0 aromatic heterocycles. The maximum Gasteiger partial charge on any atom is 0.348 e. The van der Waals surface area contributed by atoms with Gasteiger partial charge in [-0.25, -0.2) is 4.79 Å². The molecular formula is C8H11NO3. The first-order valence-corrected chi connectivity index (χ1v) is 3.56. The molecule has 66 valence electrons. The first kappa shape index (κ1) is 10.7. The summed E-state index contributed by atoms with van der Waals surface area (Å²) in [6, 6.07) is 1.60. The van der Waals surface area contributed by atoms with Crippen molar-refractivity contribution in [3.05, 3.63) is 12.2 Å². The molecule has 0 spiro atoms. The number of nitriles is 1. The first-order valence-electron chi connectivity index (χ1n) is 3.56. The summed E-state index contributed by atoms with van der Waals surface area (Å²) in [5.41, 5.74) is -0.188. The van der Waals surface area contributed by atoms with Gasteiger partial charge in [0.25, 0.3) is 0 Å². The Hall–Kier alpha value is -1.34. The van der Waals surface area contributed by atoms with Crippen LogP contribution in [0.1, 0.15) is 6.92 Å². The fourth-order valence-corrected chi connectivity index (χ4v) is 0.470. The van der Waals surface area contributed by atoms with E-state index in [0.29, 0.717) is 13.2 Å². The highest BCUT2D eigenvalue weighted by atomic mass is 16.6. The molecule has 0 aliphatic carbocycles. The van der Waals surface area contributed by atoms with Gasteiger partial charge in [-0.2, -0.15) is 5.26 Å². The Morgan fingerprint density at radius 1 is 1.58 bits per heavy atom. The summed E-state index contributed by atoms with van der Waals surface area (Å²) in [5, 5.41) is 8.23. The second-order valence-electron chi connectivity index (χ2n) is 1.92. The van der Waals surface area contributed by atoms with Gasteiger partial charge in [-0.1, -0.05) is 6.58 Å². The quantitative estimate of drug-likeness (QED) is 0.262. The number of nitrogens with zero attached hydrogens (tertiary/aromatic N) is 1. The molecule has 0 saturated heterocycles. The molecule has 0 amide bonds. The van der Waals surface area contributed by atoms with Crippen LogP contribution in [0.4, 0.5) is 0 Å². The first-order chi connectivity index (χ1) is 5.72. The van der Waals surface area contributed by atoms with Gasteiger partial charge < -0.3 is 9.47 Å². The molecule has 4 heteroatoms. The normalized spacial score (nSPS) is 8.67. The van der Waals surface area contributed by atoms with Crippen molar-refractivity contribution >= 4 is 5.97 Å². The molecule has 0 heterocycles. The zero-order valence-electron chi connectivity index (χ0n) is 7.00. The predicted octanol–water partition coefficient (Wildman–Crippen LogP) is 0.646. The van der Waals surface area contributed by atoms with Gasteiger partial charge in [-0.3, -0.25) is 0 Å². The number of ether oxygens (including phenoxy) is 2. The maximum atomic E-state index is 10.7. The van der Waals surface area contributed by atoms with Crippen LogP contribution in [-0.4, -0.2) is 25.8 Å². The van der Waals surface area contributed by atoms with Crippen molar-refractivity contribution in [1.29, 1.82) is 5.26 Å². The van der Waals surface area contributed by atoms with E-state index in [-0.39, 0.29) is 12.2 Å². The van der Waals surface area contributed by atoms with Crippen molar-refractivity contribution < 1.29 is 14.3 Å². The van der Waals surface area contributed by atoms with E-state index in [1.165, 1.54) is 0 Å². The van der Waals surface area contributed by atoms with E-state index in [9.17, 15) is 4.79 Å². The number of rotatable bonds is 5. The summed E-state index contributed by atoms with van der Waals surface area (Å²) in [6.07, 6.45) is 0. The molecule has 4 nitrogen and oxygen atoms in total. The lowest BCUT2D eigenvalue weighted by molar-refractivity contribution is -0.140. The summed E-state index contributed by atoms with van der Waals surface area (Å²) in [4.78, 5) is 10.7. The molecule has 0 aromatic carbocycles. The number of hydrogen-bond acceptors (Lipinski definition) is 4. The number of carbonyl (C=O) groups is 1. The van der Waals surface area contributed by atoms with Gasteiger partial charge in [0.1, 0.15) is 18.2 Å². The van der Waals surface area contributed by atoms with E-state index in [0.717, 1.165) is 0 Å². The standard InChI is InChI=1S/C8H11NO3/c1-3-11-4-5-12-8(10)7(2)6-9/h2-5H2,1H3. The van der Waals surface area contributed by atoms with Gasteiger partial charge in [0, 0.05) is 6.61 Å². The van der Waals surface area contributed by atoms with E-state index >= 15 is 0 Å². The van der Waals surface area contributed by atoms with Gasteiger partial charge in [0.05, 0.1) is 6.61 Å². The molecule has 0 saturated carbocycles. The molecule has 0 aliphatic heterocycles. The van der Waals surface area contributed by atoms with Crippen molar-refractivity contribution in [2.45, 2.75) is 6.92 Å². The summed E-state index contributed by atoms with van der Waals surface area (Å²) in [6.45, 7) is 6.13. The molecule has 0 rings (SSSR count). The molecule has 0 aliphatic rings. The van der Waals surface area contributed by atoms with Crippen LogP contribution < -0.4 is 0 Å². The third kappa shape index (κ3) is 4.47. The van der Waals surface area contributed by atoms with Crippen LogP contribution in [0.15, 0.2) is 12.2 Å². The Morgan fingerprint density at radius 2 is 2.25 bits per heavy atom. The highest BCUT2D eigenvalue weighted by Crippen LogP contribution is 1.91. The fourth-order valence-electron chi connectivity index (χ4n) is 0.470. The molecular weight excluding hydrogens is 158 g/mol. The number of hydrogen-bond donors (Lipinski definition) is 0. The summed E-state index contributed by atoms with van der Waals surface area (Å²) in [5.74, 6) is -0.683. The monoisotopic (exact) mass is 169 g/mol. The zero-order valence-corrected chi connectivity index (χ0v) is 7.00. The van der Waals surface area contributed by atoms with E-state index in [1.54, 1.807) is 6.07 Å². The topological polar surface area (TPSA) is 59.3 Å². The van der Waals surface area contributed by atoms with Crippen molar-refractivity contribution in [3.8, 4) is 6.07 Å². The Bertz CT molecular complexity index is 205. The van der Waals surface area contributed by atoms with Crippen LogP contribution in [0.3, 0.4) is 0 Å². The smallest absolute Gasteiger partial charge is 0.348 e.